The maximum atomic E-state index is 14.2. The van der Waals surface area contributed by atoms with Gasteiger partial charge in [-0.2, -0.15) is 0 Å². The normalized spacial score (nSPS) is 22.2. The Hall–Kier alpha value is -1.09. The van der Waals surface area contributed by atoms with E-state index in [2.05, 4.69) is 5.32 Å². The molecule has 0 bridgehead atoms. The summed E-state index contributed by atoms with van der Waals surface area (Å²) in [5.41, 5.74) is 1.67. The lowest BCUT2D eigenvalue weighted by Gasteiger charge is -2.34. The molecule has 4 heteroatoms. The van der Waals surface area contributed by atoms with E-state index in [9.17, 15) is 4.39 Å². The molecular formula is C17H16Cl2FN. The molecule has 110 valence electrons. The molecule has 3 rings (SSSR count). The second-order valence-electron chi connectivity index (χ2n) is 5.36. The maximum absolute atomic E-state index is 14.2. The molecule has 0 amide bonds. The molecule has 2 aromatic carbocycles. The fourth-order valence-electron chi connectivity index (χ4n) is 3.17. The zero-order chi connectivity index (χ0) is 14.8. The number of nitrogens with one attached hydrogen (secondary N) is 1. The van der Waals surface area contributed by atoms with Crippen LogP contribution < -0.4 is 5.32 Å². The quantitative estimate of drug-likeness (QED) is 0.820. The van der Waals surface area contributed by atoms with Crippen molar-refractivity contribution >= 4 is 23.2 Å². The third-order valence-corrected chi connectivity index (χ3v) is 4.82. The highest BCUT2D eigenvalue weighted by atomic mass is 35.5. The van der Waals surface area contributed by atoms with Crippen molar-refractivity contribution in [2.45, 2.75) is 18.3 Å². The van der Waals surface area contributed by atoms with Gasteiger partial charge in [0, 0.05) is 22.5 Å². The molecule has 2 unspecified atom stereocenters. The van der Waals surface area contributed by atoms with E-state index in [-0.39, 0.29) is 17.7 Å². The highest BCUT2D eigenvalue weighted by Gasteiger charge is 2.31. The van der Waals surface area contributed by atoms with Crippen LogP contribution in [0.4, 0.5) is 4.39 Å². The van der Waals surface area contributed by atoms with E-state index in [1.165, 1.54) is 6.07 Å². The Kier molecular flexibility index (Phi) is 4.48. The molecule has 0 saturated carbocycles. The minimum Gasteiger partial charge on any atom is -0.316 e. The molecule has 1 aliphatic heterocycles. The summed E-state index contributed by atoms with van der Waals surface area (Å²) in [6.45, 7) is 1.62. The third kappa shape index (κ3) is 2.94. The van der Waals surface area contributed by atoms with Gasteiger partial charge in [0.1, 0.15) is 5.82 Å². The van der Waals surface area contributed by atoms with E-state index in [1.54, 1.807) is 6.07 Å². The molecular weight excluding hydrogens is 308 g/mol. The smallest absolute Gasteiger partial charge is 0.126 e. The number of piperidine rings is 1. The molecule has 1 aliphatic rings. The van der Waals surface area contributed by atoms with E-state index >= 15 is 0 Å². The minimum absolute atomic E-state index is 0.0392. The van der Waals surface area contributed by atoms with Crippen LogP contribution in [-0.2, 0) is 0 Å². The second kappa shape index (κ2) is 6.35. The van der Waals surface area contributed by atoms with Crippen LogP contribution in [0.25, 0.3) is 0 Å². The summed E-state index contributed by atoms with van der Waals surface area (Å²) in [5, 5.41) is 4.67. The summed E-state index contributed by atoms with van der Waals surface area (Å²) in [7, 11) is 0. The summed E-state index contributed by atoms with van der Waals surface area (Å²) in [4.78, 5) is 0. The van der Waals surface area contributed by atoms with Gasteiger partial charge in [0.2, 0.25) is 0 Å². The van der Waals surface area contributed by atoms with Crippen LogP contribution in [0, 0.1) is 5.82 Å². The van der Waals surface area contributed by atoms with Gasteiger partial charge in [0.05, 0.1) is 0 Å². The number of hydrogen-bond donors (Lipinski definition) is 1. The molecule has 0 spiro atoms. The van der Waals surface area contributed by atoms with Crippen LogP contribution in [0.5, 0.6) is 0 Å². The average molecular weight is 324 g/mol. The first-order valence-corrected chi connectivity index (χ1v) is 7.83. The lowest BCUT2D eigenvalue weighted by molar-refractivity contribution is 0.394. The molecule has 0 radical (unpaired) electrons. The van der Waals surface area contributed by atoms with Crippen LogP contribution in [0.15, 0.2) is 42.5 Å². The maximum Gasteiger partial charge on any atom is 0.126 e. The first-order chi connectivity index (χ1) is 10.2. The second-order valence-corrected chi connectivity index (χ2v) is 6.18. The van der Waals surface area contributed by atoms with Gasteiger partial charge < -0.3 is 5.32 Å². The van der Waals surface area contributed by atoms with Gasteiger partial charge in [0.25, 0.3) is 0 Å². The fourth-order valence-corrected chi connectivity index (χ4v) is 3.85. The number of benzene rings is 2. The van der Waals surface area contributed by atoms with Crippen LogP contribution in [0.1, 0.15) is 29.4 Å². The van der Waals surface area contributed by atoms with Crippen molar-refractivity contribution in [1.29, 1.82) is 0 Å². The van der Waals surface area contributed by atoms with Crippen LogP contribution in [-0.4, -0.2) is 13.1 Å². The molecule has 2 atom stereocenters. The molecule has 0 aromatic heterocycles. The van der Waals surface area contributed by atoms with E-state index in [0.717, 1.165) is 30.6 Å². The van der Waals surface area contributed by atoms with Crippen molar-refractivity contribution < 1.29 is 4.39 Å². The molecule has 0 aliphatic carbocycles. The van der Waals surface area contributed by atoms with Crippen molar-refractivity contribution in [3.05, 3.63) is 69.5 Å². The summed E-state index contributed by atoms with van der Waals surface area (Å²) in [5.74, 6) is 0.000996. The summed E-state index contributed by atoms with van der Waals surface area (Å²) in [6, 6.07) is 12.5. The minimum atomic E-state index is -0.167. The van der Waals surface area contributed by atoms with Crippen molar-refractivity contribution in [3.8, 4) is 0 Å². The van der Waals surface area contributed by atoms with E-state index < -0.39 is 0 Å². The van der Waals surface area contributed by atoms with Gasteiger partial charge in [-0.1, -0.05) is 47.5 Å². The third-order valence-electron chi connectivity index (χ3n) is 4.16. The molecule has 1 N–H and O–H groups in total. The zero-order valence-corrected chi connectivity index (χ0v) is 13.0. The van der Waals surface area contributed by atoms with Crippen molar-refractivity contribution in [1.82, 2.24) is 5.32 Å². The standard InChI is InChI=1S/C17H16Cl2FN/c18-14-5-3-6-15(19)17(14)12-8-9-21-10-13(12)11-4-1-2-7-16(11)20/h1-7,12-13,21H,8-10H2. The van der Waals surface area contributed by atoms with Crippen LogP contribution in [0.2, 0.25) is 10.0 Å². The SMILES string of the molecule is Fc1ccccc1C1CNCCC1c1c(Cl)cccc1Cl. The molecule has 1 fully saturated rings. The van der Waals surface area contributed by atoms with Crippen LogP contribution in [0.3, 0.4) is 0 Å². The molecule has 21 heavy (non-hydrogen) atoms. The van der Waals surface area contributed by atoms with Crippen molar-refractivity contribution in [2.75, 3.05) is 13.1 Å². The van der Waals surface area contributed by atoms with Gasteiger partial charge in [-0.25, -0.2) is 4.39 Å². The summed E-state index contributed by atoms with van der Waals surface area (Å²) < 4.78 is 14.2. The molecule has 1 nitrogen and oxygen atoms in total. The highest BCUT2D eigenvalue weighted by Crippen LogP contribution is 2.43. The lowest BCUT2D eigenvalue weighted by atomic mass is 9.77. The molecule has 1 heterocycles. The first-order valence-electron chi connectivity index (χ1n) is 7.07. The number of rotatable bonds is 2. The Balaban J connectivity index is 2.05. The lowest BCUT2D eigenvalue weighted by Crippen LogP contribution is -2.34. The van der Waals surface area contributed by atoms with Crippen molar-refractivity contribution in [2.24, 2.45) is 0 Å². The fraction of sp³-hybridized carbons (Fsp3) is 0.294. The largest absolute Gasteiger partial charge is 0.316 e. The predicted molar refractivity (Wildman–Crippen MR) is 85.8 cm³/mol. The Morgan fingerprint density at radius 1 is 0.952 bits per heavy atom. The van der Waals surface area contributed by atoms with Crippen LogP contribution >= 0.6 is 23.2 Å². The molecule has 1 saturated heterocycles. The van der Waals surface area contributed by atoms with Crippen molar-refractivity contribution in [3.63, 3.8) is 0 Å². The average Bonchev–Trinajstić information content (AvgIpc) is 2.48. The van der Waals surface area contributed by atoms with Gasteiger partial charge in [0.15, 0.2) is 0 Å². The van der Waals surface area contributed by atoms with Gasteiger partial charge in [-0.15, -0.1) is 0 Å². The number of hydrogen-bond acceptors (Lipinski definition) is 1. The Labute approximate surface area is 134 Å². The molecule has 2 aromatic rings. The van der Waals surface area contributed by atoms with Gasteiger partial charge in [-0.3, -0.25) is 0 Å². The Morgan fingerprint density at radius 2 is 1.67 bits per heavy atom. The van der Waals surface area contributed by atoms with E-state index in [4.69, 9.17) is 23.2 Å². The summed E-state index contributed by atoms with van der Waals surface area (Å²) >= 11 is 12.7. The van der Waals surface area contributed by atoms with E-state index in [1.807, 2.05) is 30.3 Å². The Morgan fingerprint density at radius 3 is 2.38 bits per heavy atom. The topological polar surface area (TPSA) is 12.0 Å². The van der Waals surface area contributed by atoms with E-state index in [0.29, 0.717) is 10.0 Å². The monoisotopic (exact) mass is 323 g/mol. The number of halogens is 3. The Bertz CT molecular complexity index is 624. The first kappa shape index (κ1) is 14.8. The van der Waals surface area contributed by atoms with Gasteiger partial charge >= 0.3 is 0 Å². The predicted octanol–water partition coefficient (Wildman–Crippen LogP) is 4.99. The van der Waals surface area contributed by atoms with Gasteiger partial charge in [-0.05, 0) is 48.2 Å². The zero-order valence-electron chi connectivity index (χ0n) is 11.5. The summed E-state index contributed by atoms with van der Waals surface area (Å²) in [6.07, 6.45) is 0.891. The highest BCUT2D eigenvalue weighted by molar-refractivity contribution is 6.36.